The van der Waals surface area contributed by atoms with E-state index >= 15 is 0 Å². The molecule has 164 valence electrons. The second-order valence-corrected chi connectivity index (χ2v) is 11.0. The first-order valence-corrected chi connectivity index (χ1v) is 13.3. The largest absolute Gasteiger partial charge is 0.346 e. The zero-order valence-electron chi connectivity index (χ0n) is 17.5. The average molecular weight is 457 g/mol. The first kappa shape index (κ1) is 22.1. The molecule has 1 N–H and O–H groups in total. The standard InChI is InChI=1S/C24H28N2O3S2/c27-24(25-22-15-18-30-23-8-4-3-7-21(22)23)14-11-19-9-12-20(13-10-19)31(28,29)26-16-5-1-2-6-17-26/h3-4,7-14,22H,1-2,5-6,15-18H2,(H,25,27)/b14-11+. The van der Waals surface area contributed by atoms with Crippen LogP contribution in [0.2, 0.25) is 0 Å². The number of sulfonamides is 1. The molecule has 0 aromatic heterocycles. The van der Waals surface area contributed by atoms with Crippen molar-refractivity contribution in [1.29, 1.82) is 0 Å². The molecular weight excluding hydrogens is 428 g/mol. The molecule has 1 fully saturated rings. The van der Waals surface area contributed by atoms with E-state index in [1.165, 1.54) is 16.5 Å². The van der Waals surface area contributed by atoms with E-state index < -0.39 is 10.0 Å². The Balaban J connectivity index is 1.39. The van der Waals surface area contributed by atoms with Gasteiger partial charge < -0.3 is 5.32 Å². The van der Waals surface area contributed by atoms with Crippen LogP contribution in [0.5, 0.6) is 0 Å². The van der Waals surface area contributed by atoms with E-state index in [9.17, 15) is 13.2 Å². The van der Waals surface area contributed by atoms with Crippen LogP contribution >= 0.6 is 11.8 Å². The van der Waals surface area contributed by atoms with Crippen LogP contribution in [-0.2, 0) is 14.8 Å². The lowest BCUT2D eigenvalue weighted by Crippen LogP contribution is -2.31. The summed E-state index contributed by atoms with van der Waals surface area (Å²) in [6.07, 6.45) is 8.15. The normalized spacial score (nSPS) is 20.2. The summed E-state index contributed by atoms with van der Waals surface area (Å²) in [6, 6.07) is 15.0. The number of nitrogens with one attached hydrogen (secondary N) is 1. The minimum atomic E-state index is -3.45. The third-order valence-electron chi connectivity index (χ3n) is 5.79. The van der Waals surface area contributed by atoms with Gasteiger partial charge in [0.25, 0.3) is 0 Å². The van der Waals surface area contributed by atoms with Crippen LogP contribution in [0.3, 0.4) is 0 Å². The van der Waals surface area contributed by atoms with E-state index in [2.05, 4.69) is 17.4 Å². The highest BCUT2D eigenvalue weighted by Crippen LogP contribution is 2.35. The van der Waals surface area contributed by atoms with E-state index in [4.69, 9.17) is 0 Å². The maximum atomic E-state index is 12.9. The van der Waals surface area contributed by atoms with Gasteiger partial charge in [-0.3, -0.25) is 4.79 Å². The zero-order chi connectivity index (χ0) is 21.7. The number of benzene rings is 2. The molecule has 2 heterocycles. The van der Waals surface area contributed by atoms with Gasteiger partial charge in [0, 0.05) is 29.8 Å². The zero-order valence-corrected chi connectivity index (χ0v) is 19.1. The fourth-order valence-corrected chi connectivity index (χ4v) is 6.71. The Bertz CT molecular complexity index is 1040. The number of hydrogen-bond acceptors (Lipinski definition) is 4. The van der Waals surface area contributed by atoms with E-state index in [0.29, 0.717) is 18.0 Å². The van der Waals surface area contributed by atoms with Crippen LogP contribution < -0.4 is 5.32 Å². The van der Waals surface area contributed by atoms with E-state index in [-0.39, 0.29) is 11.9 Å². The predicted octanol–water partition coefficient (Wildman–Crippen LogP) is 4.62. The average Bonchev–Trinajstić information content (AvgIpc) is 3.09. The third-order valence-corrected chi connectivity index (χ3v) is 8.82. The van der Waals surface area contributed by atoms with Gasteiger partial charge in [0.1, 0.15) is 0 Å². The molecule has 1 atom stereocenters. The number of nitrogens with zero attached hydrogens (tertiary/aromatic N) is 1. The Morgan fingerprint density at radius 2 is 1.71 bits per heavy atom. The molecule has 2 aliphatic heterocycles. The summed E-state index contributed by atoms with van der Waals surface area (Å²) in [6.45, 7) is 1.18. The third kappa shape index (κ3) is 5.40. The quantitative estimate of drug-likeness (QED) is 0.667. The van der Waals surface area contributed by atoms with Crippen molar-refractivity contribution in [1.82, 2.24) is 9.62 Å². The number of hydrogen-bond donors (Lipinski definition) is 1. The van der Waals surface area contributed by atoms with Crippen LogP contribution in [0.4, 0.5) is 0 Å². The van der Waals surface area contributed by atoms with Crippen molar-refractivity contribution in [3.63, 3.8) is 0 Å². The van der Waals surface area contributed by atoms with Gasteiger partial charge >= 0.3 is 0 Å². The first-order chi connectivity index (χ1) is 15.0. The van der Waals surface area contributed by atoms with Gasteiger partial charge in [-0.15, -0.1) is 11.8 Å². The second-order valence-electron chi connectivity index (χ2n) is 7.96. The number of rotatable bonds is 5. The fourth-order valence-electron chi connectivity index (χ4n) is 4.07. The van der Waals surface area contributed by atoms with Crippen molar-refractivity contribution >= 4 is 33.8 Å². The molecule has 1 amide bonds. The highest BCUT2D eigenvalue weighted by Gasteiger charge is 2.25. The Labute approximate surface area is 189 Å². The van der Waals surface area contributed by atoms with Crippen molar-refractivity contribution in [2.24, 2.45) is 0 Å². The Kier molecular flexibility index (Phi) is 7.15. The molecular formula is C24H28N2O3S2. The van der Waals surface area contributed by atoms with Gasteiger partial charge in [0.15, 0.2) is 0 Å². The van der Waals surface area contributed by atoms with Crippen LogP contribution in [0.25, 0.3) is 6.08 Å². The Morgan fingerprint density at radius 1 is 1.00 bits per heavy atom. The summed E-state index contributed by atoms with van der Waals surface area (Å²) in [4.78, 5) is 14.0. The molecule has 0 radical (unpaired) electrons. The van der Waals surface area contributed by atoms with Crippen molar-refractivity contribution < 1.29 is 13.2 Å². The fraction of sp³-hybridized carbons (Fsp3) is 0.375. The number of amides is 1. The topological polar surface area (TPSA) is 66.5 Å². The molecule has 0 spiro atoms. The molecule has 0 saturated carbocycles. The minimum absolute atomic E-state index is 0.0238. The summed E-state index contributed by atoms with van der Waals surface area (Å²) in [5.74, 6) is 0.839. The number of carbonyl (C=O) groups is 1. The van der Waals surface area contributed by atoms with Crippen molar-refractivity contribution in [2.45, 2.75) is 47.9 Å². The summed E-state index contributed by atoms with van der Waals surface area (Å²) in [7, 11) is -3.45. The smallest absolute Gasteiger partial charge is 0.244 e. The van der Waals surface area contributed by atoms with Gasteiger partial charge in [0.2, 0.25) is 15.9 Å². The van der Waals surface area contributed by atoms with Crippen molar-refractivity contribution in [2.75, 3.05) is 18.8 Å². The molecule has 5 nitrogen and oxygen atoms in total. The monoisotopic (exact) mass is 456 g/mol. The van der Waals surface area contributed by atoms with E-state index in [1.54, 1.807) is 34.6 Å². The molecule has 2 aromatic carbocycles. The molecule has 1 unspecified atom stereocenters. The Morgan fingerprint density at radius 3 is 2.45 bits per heavy atom. The molecule has 2 aliphatic rings. The van der Waals surface area contributed by atoms with Crippen LogP contribution in [-0.4, -0.2) is 37.5 Å². The van der Waals surface area contributed by atoms with Gasteiger partial charge in [-0.05, 0) is 54.7 Å². The molecule has 1 saturated heterocycles. The minimum Gasteiger partial charge on any atom is -0.346 e. The SMILES string of the molecule is O=C(/C=C/c1ccc(S(=O)(=O)N2CCCCCC2)cc1)NC1CCSc2ccccc21. The van der Waals surface area contributed by atoms with Gasteiger partial charge in [-0.25, -0.2) is 8.42 Å². The lowest BCUT2D eigenvalue weighted by Gasteiger charge is -2.25. The lowest BCUT2D eigenvalue weighted by molar-refractivity contribution is -0.117. The number of thioether (sulfide) groups is 1. The molecule has 0 aliphatic carbocycles. The molecule has 0 bridgehead atoms. The van der Waals surface area contributed by atoms with Crippen LogP contribution in [0.15, 0.2) is 64.4 Å². The Hall–Kier alpha value is -2.09. The van der Waals surface area contributed by atoms with Gasteiger partial charge in [-0.2, -0.15) is 4.31 Å². The molecule has 7 heteroatoms. The second kappa shape index (κ2) is 10.0. The first-order valence-electron chi connectivity index (χ1n) is 10.8. The highest BCUT2D eigenvalue weighted by atomic mass is 32.2. The van der Waals surface area contributed by atoms with E-state index in [1.807, 2.05) is 23.9 Å². The molecule has 31 heavy (non-hydrogen) atoms. The van der Waals surface area contributed by atoms with Crippen molar-refractivity contribution in [3.8, 4) is 0 Å². The summed E-state index contributed by atoms with van der Waals surface area (Å²) < 4.78 is 27.4. The highest BCUT2D eigenvalue weighted by molar-refractivity contribution is 7.99. The van der Waals surface area contributed by atoms with E-state index in [0.717, 1.165) is 43.4 Å². The van der Waals surface area contributed by atoms with Gasteiger partial charge in [-0.1, -0.05) is 43.2 Å². The van der Waals surface area contributed by atoms with Crippen molar-refractivity contribution in [3.05, 3.63) is 65.7 Å². The number of carbonyl (C=O) groups excluding carboxylic acids is 1. The summed E-state index contributed by atoms with van der Waals surface area (Å²) >= 11 is 1.82. The lowest BCUT2D eigenvalue weighted by atomic mass is 10.0. The number of fused-ring (bicyclic) bond motifs is 1. The maximum Gasteiger partial charge on any atom is 0.244 e. The maximum absolute atomic E-state index is 12.9. The summed E-state index contributed by atoms with van der Waals surface area (Å²) in [5.41, 5.74) is 1.97. The van der Waals surface area contributed by atoms with Crippen LogP contribution in [0.1, 0.15) is 49.3 Å². The van der Waals surface area contributed by atoms with Gasteiger partial charge in [0.05, 0.1) is 10.9 Å². The predicted molar refractivity (Wildman–Crippen MR) is 125 cm³/mol. The summed E-state index contributed by atoms with van der Waals surface area (Å²) in [5, 5.41) is 3.09. The van der Waals surface area contributed by atoms with Crippen LogP contribution in [0, 0.1) is 0 Å². The molecule has 2 aromatic rings. The molecule has 4 rings (SSSR count).